The summed E-state index contributed by atoms with van der Waals surface area (Å²) in [5.74, 6) is 0.236. The van der Waals surface area contributed by atoms with Crippen LogP contribution in [0.4, 0.5) is 5.69 Å². The molecule has 1 amide bonds. The van der Waals surface area contributed by atoms with E-state index in [0.717, 1.165) is 12.7 Å². The van der Waals surface area contributed by atoms with Gasteiger partial charge in [0.15, 0.2) is 0 Å². The molecule has 3 atom stereocenters. The average Bonchev–Trinajstić information content (AvgIpc) is 2.60. The van der Waals surface area contributed by atoms with Crippen LogP contribution in [0.1, 0.15) is 39.2 Å². The smallest absolute Gasteiger partial charge is 0.221 e. The topological polar surface area (TPSA) is 105 Å². The molecule has 25 heavy (non-hydrogen) atoms. The van der Waals surface area contributed by atoms with Crippen LogP contribution in [0.2, 0.25) is 0 Å². The van der Waals surface area contributed by atoms with Crippen molar-refractivity contribution in [1.82, 2.24) is 0 Å². The predicted molar refractivity (Wildman–Crippen MR) is 95.6 cm³/mol. The first-order valence-electron chi connectivity index (χ1n) is 8.26. The Bertz CT molecular complexity index is 534. The van der Waals surface area contributed by atoms with Crippen LogP contribution in [0.15, 0.2) is 18.2 Å². The molecule has 3 unspecified atom stereocenters. The normalized spacial score (nSPS) is 21.6. The van der Waals surface area contributed by atoms with Crippen LogP contribution in [-0.2, 0) is 14.3 Å². The Morgan fingerprint density at radius 2 is 1.96 bits per heavy atom. The van der Waals surface area contributed by atoms with Crippen LogP contribution in [0.25, 0.3) is 0 Å². The molecule has 0 bridgehead atoms. The van der Waals surface area contributed by atoms with Gasteiger partial charge in [0.1, 0.15) is 18.1 Å². The van der Waals surface area contributed by atoms with E-state index in [2.05, 4.69) is 5.32 Å². The fourth-order valence-corrected chi connectivity index (χ4v) is 2.23. The van der Waals surface area contributed by atoms with Crippen molar-refractivity contribution in [3.8, 4) is 5.75 Å². The zero-order chi connectivity index (χ0) is 19.4. The summed E-state index contributed by atoms with van der Waals surface area (Å²) < 4.78 is 11.1. The summed E-state index contributed by atoms with van der Waals surface area (Å²) in [5.41, 5.74) is 1.51. The molecule has 1 fully saturated rings. The van der Waals surface area contributed by atoms with Gasteiger partial charge in [-0.15, -0.1) is 0 Å². The molecule has 7 heteroatoms. The van der Waals surface area contributed by atoms with Crippen molar-refractivity contribution in [1.29, 1.82) is 0 Å². The maximum Gasteiger partial charge on any atom is 0.221 e. The Balaban J connectivity index is 0.00000134. The molecule has 0 aliphatic carbocycles. The number of rotatable bonds is 4. The Labute approximate surface area is 149 Å². The lowest BCUT2D eigenvalue weighted by atomic mass is 10.1. The number of ether oxygens (including phenoxy) is 2. The number of aldehydes is 1. The monoisotopic (exact) mass is 355 g/mol. The van der Waals surface area contributed by atoms with Crippen molar-refractivity contribution >= 4 is 17.9 Å². The quantitative estimate of drug-likeness (QED) is 0.714. The van der Waals surface area contributed by atoms with E-state index >= 15 is 0 Å². The molecule has 142 valence electrons. The molecule has 1 aromatic carbocycles. The number of carbonyl (C=O) groups is 2. The second-order valence-electron chi connectivity index (χ2n) is 5.16. The van der Waals surface area contributed by atoms with Crippen molar-refractivity contribution in [2.75, 3.05) is 12.4 Å². The lowest BCUT2D eigenvalue weighted by Gasteiger charge is -2.31. The molecule has 7 nitrogen and oxygen atoms in total. The number of anilines is 1. The molecule has 1 aromatic rings. The largest absolute Gasteiger partial charge is 0.463 e. The van der Waals surface area contributed by atoms with Gasteiger partial charge >= 0.3 is 0 Å². The zero-order valence-corrected chi connectivity index (χ0v) is 15.5. The molecule has 1 aliphatic rings. The molecular weight excluding hydrogens is 326 g/mol. The predicted octanol–water partition coefficient (Wildman–Crippen LogP) is 2.03. The third-order valence-electron chi connectivity index (χ3n) is 3.15. The zero-order valence-electron chi connectivity index (χ0n) is 15.5. The Hall–Kier alpha value is -1.96. The lowest BCUT2D eigenvalue weighted by molar-refractivity contribution is -0.175. The lowest BCUT2D eigenvalue weighted by Crippen LogP contribution is -2.39. The van der Waals surface area contributed by atoms with E-state index in [9.17, 15) is 14.7 Å². The molecule has 0 spiro atoms. The van der Waals surface area contributed by atoms with Crippen LogP contribution in [0.3, 0.4) is 0 Å². The van der Waals surface area contributed by atoms with Crippen LogP contribution in [0.5, 0.6) is 5.75 Å². The highest BCUT2D eigenvalue weighted by Crippen LogP contribution is 2.29. The van der Waals surface area contributed by atoms with Gasteiger partial charge in [0, 0.05) is 26.9 Å². The summed E-state index contributed by atoms with van der Waals surface area (Å²) in [6.45, 7) is 7.31. The molecule has 1 aliphatic heterocycles. The SMILES string of the molecule is CC.CC(=O)Nc1cc(C)ccc1OC1CC(O)CC(C=O)O1.CO. The summed E-state index contributed by atoms with van der Waals surface area (Å²) >= 11 is 0. The second kappa shape index (κ2) is 12.4. The number of aliphatic hydroxyl groups is 2. The summed E-state index contributed by atoms with van der Waals surface area (Å²) in [6, 6.07) is 5.35. The van der Waals surface area contributed by atoms with Crippen molar-refractivity contribution in [3.63, 3.8) is 0 Å². The standard InChI is InChI=1S/C15H19NO5.C2H6.CH4O/c1-9-3-4-14(13(5-9)16-10(2)18)21-15-7-11(19)6-12(8-17)20-15;2*1-2/h3-5,8,11-12,15,19H,6-7H2,1-2H3,(H,16,18);1-2H3;2H,1H3. The maximum atomic E-state index is 11.2. The van der Waals surface area contributed by atoms with Crippen molar-refractivity contribution < 1.29 is 29.3 Å². The van der Waals surface area contributed by atoms with Gasteiger partial charge in [0.2, 0.25) is 12.2 Å². The Morgan fingerprint density at radius 3 is 2.52 bits per heavy atom. The number of benzene rings is 1. The third kappa shape index (κ3) is 8.11. The molecular formula is C18H29NO6. The first-order chi connectivity index (χ1) is 12.0. The molecule has 3 N–H and O–H groups in total. The van der Waals surface area contributed by atoms with Gasteiger partial charge in [-0.05, 0) is 24.6 Å². The molecule has 0 aromatic heterocycles. The molecule has 0 saturated carbocycles. The fraction of sp³-hybridized carbons (Fsp3) is 0.556. The number of hydrogen-bond donors (Lipinski definition) is 3. The highest BCUT2D eigenvalue weighted by molar-refractivity contribution is 5.90. The number of aryl methyl sites for hydroxylation is 1. The minimum absolute atomic E-state index is 0.208. The van der Waals surface area contributed by atoms with Gasteiger partial charge < -0.3 is 29.8 Å². The fourth-order valence-electron chi connectivity index (χ4n) is 2.23. The third-order valence-corrected chi connectivity index (χ3v) is 3.15. The first kappa shape index (κ1) is 23.0. The van der Waals surface area contributed by atoms with E-state index in [0.29, 0.717) is 17.7 Å². The van der Waals surface area contributed by atoms with Gasteiger partial charge in [0.05, 0.1) is 11.8 Å². The van der Waals surface area contributed by atoms with Crippen LogP contribution < -0.4 is 10.1 Å². The van der Waals surface area contributed by atoms with E-state index in [-0.39, 0.29) is 18.7 Å². The number of amides is 1. The molecule has 1 heterocycles. The van der Waals surface area contributed by atoms with E-state index in [1.807, 2.05) is 26.8 Å². The number of aliphatic hydroxyl groups excluding tert-OH is 2. The number of nitrogens with one attached hydrogen (secondary N) is 1. The van der Waals surface area contributed by atoms with Crippen molar-refractivity contribution in [2.24, 2.45) is 0 Å². The Kier molecular flexibility index (Phi) is 11.4. The van der Waals surface area contributed by atoms with E-state index < -0.39 is 18.5 Å². The van der Waals surface area contributed by atoms with Crippen LogP contribution in [-0.4, -0.2) is 48.0 Å². The van der Waals surface area contributed by atoms with E-state index in [4.69, 9.17) is 14.6 Å². The molecule has 2 rings (SSSR count). The van der Waals surface area contributed by atoms with Crippen molar-refractivity contribution in [2.45, 2.75) is 59.0 Å². The first-order valence-corrected chi connectivity index (χ1v) is 8.26. The van der Waals surface area contributed by atoms with Gasteiger partial charge in [-0.25, -0.2) is 0 Å². The van der Waals surface area contributed by atoms with Gasteiger partial charge in [0.25, 0.3) is 0 Å². The van der Waals surface area contributed by atoms with Crippen LogP contribution >= 0.6 is 0 Å². The van der Waals surface area contributed by atoms with Crippen LogP contribution in [0, 0.1) is 6.92 Å². The summed E-state index contributed by atoms with van der Waals surface area (Å²) in [6.07, 6.45) is -0.836. The van der Waals surface area contributed by atoms with Crippen molar-refractivity contribution in [3.05, 3.63) is 23.8 Å². The summed E-state index contributed by atoms with van der Waals surface area (Å²) in [7, 11) is 1.00. The summed E-state index contributed by atoms with van der Waals surface area (Å²) in [4.78, 5) is 22.0. The number of hydrogen-bond acceptors (Lipinski definition) is 6. The van der Waals surface area contributed by atoms with Gasteiger partial charge in [-0.3, -0.25) is 4.79 Å². The average molecular weight is 355 g/mol. The molecule has 0 radical (unpaired) electrons. The summed E-state index contributed by atoms with van der Waals surface area (Å²) in [5, 5.41) is 19.4. The highest BCUT2D eigenvalue weighted by atomic mass is 16.7. The number of carbonyl (C=O) groups excluding carboxylic acids is 2. The minimum Gasteiger partial charge on any atom is -0.463 e. The molecule has 1 saturated heterocycles. The maximum absolute atomic E-state index is 11.2. The van der Waals surface area contributed by atoms with E-state index in [1.165, 1.54) is 6.92 Å². The van der Waals surface area contributed by atoms with E-state index in [1.54, 1.807) is 12.1 Å². The van der Waals surface area contributed by atoms with Gasteiger partial charge in [-0.1, -0.05) is 19.9 Å². The minimum atomic E-state index is -0.723. The highest BCUT2D eigenvalue weighted by Gasteiger charge is 2.29. The second-order valence-corrected chi connectivity index (χ2v) is 5.16. The van der Waals surface area contributed by atoms with Gasteiger partial charge in [-0.2, -0.15) is 0 Å². The Morgan fingerprint density at radius 1 is 1.32 bits per heavy atom.